The number of nitrogen functional groups attached to an aromatic ring is 1. The standard InChI is InChI=1S/C20H22N4OS/c1-12-10-17(13(2)24(12)20-22-8-9-26-20)19(25)23-18-5-3-4-14-11-15(21)6-7-16(14)18/h6-11,18H,3-5,21H2,1-2H3,(H,23,25). The first-order chi connectivity index (χ1) is 12.5. The van der Waals surface area contributed by atoms with Crippen LogP contribution in [0.5, 0.6) is 0 Å². The number of aryl methyl sites for hydroxylation is 2. The molecule has 26 heavy (non-hydrogen) atoms. The lowest BCUT2D eigenvalue weighted by Crippen LogP contribution is -2.31. The molecule has 1 amide bonds. The zero-order valence-electron chi connectivity index (χ0n) is 15.0. The van der Waals surface area contributed by atoms with Gasteiger partial charge in [0.05, 0.1) is 11.6 Å². The summed E-state index contributed by atoms with van der Waals surface area (Å²) in [6.07, 6.45) is 4.81. The first-order valence-corrected chi connectivity index (χ1v) is 9.70. The van der Waals surface area contributed by atoms with Crippen LogP contribution in [0.3, 0.4) is 0 Å². The molecule has 3 N–H and O–H groups in total. The fourth-order valence-corrected chi connectivity index (χ4v) is 4.59. The van der Waals surface area contributed by atoms with Gasteiger partial charge in [-0.15, -0.1) is 11.3 Å². The molecule has 2 aromatic heterocycles. The number of carbonyl (C=O) groups excluding carboxylic acids is 1. The van der Waals surface area contributed by atoms with E-state index >= 15 is 0 Å². The lowest BCUT2D eigenvalue weighted by Gasteiger charge is -2.26. The van der Waals surface area contributed by atoms with Crippen LogP contribution in [0, 0.1) is 13.8 Å². The summed E-state index contributed by atoms with van der Waals surface area (Å²) in [4.78, 5) is 17.4. The monoisotopic (exact) mass is 366 g/mol. The Kier molecular flexibility index (Phi) is 4.28. The van der Waals surface area contributed by atoms with Crippen molar-refractivity contribution in [1.82, 2.24) is 14.9 Å². The molecular formula is C20H22N4OS. The van der Waals surface area contributed by atoms with E-state index in [-0.39, 0.29) is 11.9 Å². The van der Waals surface area contributed by atoms with E-state index in [1.165, 1.54) is 11.1 Å². The summed E-state index contributed by atoms with van der Waals surface area (Å²) in [6.45, 7) is 3.97. The zero-order valence-corrected chi connectivity index (χ0v) is 15.8. The molecule has 1 aliphatic rings. The Balaban J connectivity index is 1.62. The van der Waals surface area contributed by atoms with Crippen molar-refractivity contribution < 1.29 is 4.79 Å². The number of carbonyl (C=O) groups is 1. The minimum Gasteiger partial charge on any atom is -0.399 e. The van der Waals surface area contributed by atoms with Crippen LogP contribution in [0.4, 0.5) is 5.69 Å². The Bertz CT molecular complexity index is 959. The molecule has 1 aliphatic carbocycles. The predicted molar refractivity (Wildman–Crippen MR) is 105 cm³/mol. The third-order valence-electron chi connectivity index (χ3n) is 5.07. The van der Waals surface area contributed by atoms with E-state index in [0.717, 1.165) is 41.5 Å². The van der Waals surface area contributed by atoms with Gasteiger partial charge in [0.25, 0.3) is 5.91 Å². The lowest BCUT2D eigenvalue weighted by atomic mass is 9.87. The summed E-state index contributed by atoms with van der Waals surface area (Å²) < 4.78 is 2.04. The number of hydrogen-bond donors (Lipinski definition) is 2. The van der Waals surface area contributed by atoms with E-state index in [2.05, 4.69) is 10.3 Å². The maximum absolute atomic E-state index is 13.0. The van der Waals surface area contributed by atoms with Crippen molar-refractivity contribution in [2.45, 2.75) is 39.2 Å². The summed E-state index contributed by atoms with van der Waals surface area (Å²) in [5, 5.41) is 6.06. The topological polar surface area (TPSA) is 72.9 Å². The van der Waals surface area contributed by atoms with Crippen molar-refractivity contribution in [3.05, 3.63) is 63.9 Å². The number of aromatic nitrogens is 2. The van der Waals surface area contributed by atoms with E-state index in [4.69, 9.17) is 5.73 Å². The van der Waals surface area contributed by atoms with Gasteiger partial charge in [-0.1, -0.05) is 6.07 Å². The highest BCUT2D eigenvalue weighted by atomic mass is 32.1. The van der Waals surface area contributed by atoms with E-state index in [1.54, 1.807) is 17.5 Å². The molecule has 0 fully saturated rings. The van der Waals surface area contributed by atoms with E-state index < -0.39 is 0 Å². The largest absolute Gasteiger partial charge is 0.399 e. The van der Waals surface area contributed by atoms with Gasteiger partial charge >= 0.3 is 0 Å². The van der Waals surface area contributed by atoms with E-state index in [1.807, 2.05) is 48.1 Å². The van der Waals surface area contributed by atoms with Crippen LogP contribution in [0.25, 0.3) is 5.13 Å². The van der Waals surface area contributed by atoms with Crippen LogP contribution in [-0.2, 0) is 6.42 Å². The van der Waals surface area contributed by atoms with Crippen LogP contribution in [0.1, 0.15) is 51.8 Å². The van der Waals surface area contributed by atoms with E-state index in [0.29, 0.717) is 5.56 Å². The highest BCUT2D eigenvalue weighted by molar-refractivity contribution is 7.12. The Labute approximate surface area is 156 Å². The quantitative estimate of drug-likeness (QED) is 0.690. The Morgan fingerprint density at radius 3 is 2.96 bits per heavy atom. The van der Waals surface area contributed by atoms with Crippen molar-refractivity contribution in [1.29, 1.82) is 0 Å². The van der Waals surface area contributed by atoms with Crippen LogP contribution in [0.15, 0.2) is 35.8 Å². The third kappa shape index (κ3) is 2.90. The molecule has 134 valence electrons. The lowest BCUT2D eigenvalue weighted by molar-refractivity contribution is 0.0932. The molecule has 0 saturated heterocycles. The molecule has 1 aromatic carbocycles. The minimum atomic E-state index is -0.0319. The molecule has 0 spiro atoms. The van der Waals surface area contributed by atoms with E-state index in [9.17, 15) is 4.79 Å². The summed E-state index contributed by atoms with van der Waals surface area (Å²) in [5.74, 6) is -0.0319. The molecule has 3 aromatic rings. The minimum absolute atomic E-state index is 0.0319. The van der Waals surface area contributed by atoms with Gasteiger partial charge < -0.3 is 11.1 Å². The summed E-state index contributed by atoms with van der Waals surface area (Å²) in [5.41, 5.74) is 11.8. The fraction of sp³-hybridized carbons (Fsp3) is 0.300. The maximum Gasteiger partial charge on any atom is 0.253 e. The van der Waals surface area contributed by atoms with Crippen molar-refractivity contribution in [3.63, 3.8) is 0 Å². The molecular weight excluding hydrogens is 344 g/mol. The molecule has 1 atom stereocenters. The van der Waals surface area contributed by atoms with Gasteiger partial charge in [0.15, 0.2) is 5.13 Å². The number of nitrogens with zero attached hydrogens (tertiary/aromatic N) is 2. The van der Waals surface area contributed by atoms with Gasteiger partial charge in [0, 0.05) is 28.7 Å². The van der Waals surface area contributed by atoms with Crippen LogP contribution in [-0.4, -0.2) is 15.5 Å². The molecule has 5 nitrogen and oxygen atoms in total. The van der Waals surface area contributed by atoms with Crippen LogP contribution < -0.4 is 11.1 Å². The van der Waals surface area contributed by atoms with Crippen molar-refractivity contribution >= 4 is 22.9 Å². The predicted octanol–water partition coefficient (Wildman–Crippen LogP) is 3.94. The average molecular weight is 366 g/mol. The highest BCUT2D eigenvalue weighted by Gasteiger charge is 2.24. The van der Waals surface area contributed by atoms with Crippen molar-refractivity contribution in [2.75, 3.05) is 5.73 Å². The number of benzene rings is 1. The smallest absolute Gasteiger partial charge is 0.253 e. The second-order valence-corrected chi connectivity index (χ2v) is 7.68. The third-order valence-corrected chi connectivity index (χ3v) is 5.83. The van der Waals surface area contributed by atoms with Gasteiger partial charge in [0.1, 0.15) is 0 Å². The highest BCUT2D eigenvalue weighted by Crippen LogP contribution is 2.31. The first kappa shape index (κ1) is 16.8. The SMILES string of the molecule is Cc1cc(C(=O)NC2CCCc3cc(N)ccc32)c(C)n1-c1nccs1. The molecule has 4 rings (SSSR count). The number of anilines is 1. The summed E-state index contributed by atoms with van der Waals surface area (Å²) in [7, 11) is 0. The van der Waals surface area contributed by atoms with Gasteiger partial charge in [-0.05, 0) is 62.4 Å². The Morgan fingerprint density at radius 2 is 2.19 bits per heavy atom. The second kappa shape index (κ2) is 6.61. The van der Waals surface area contributed by atoms with Gasteiger partial charge in [0.2, 0.25) is 0 Å². The molecule has 0 aliphatic heterocycles. The number of rotatable bonds is 3. The number of nitrogens with two attached hydrogens (primary N) is 1. The normalized spacial score (nSPS) is 16.3. The molecule has 6 heteroatoms. The fourth-order valence-electron chi connectivity index (χ4n) is 3.83. The number of hydrogen-bond acceptors (Lipinski definition) is 4. The summed E-state index contributed by atoms with van der Waals surface area (Å²) >= 11 is 1.57. The molecule has 0 bridgehead atoms. The average Bonchev–Trinajstić information content (AvgIpc) is 3.22. The molecule has 0 saturated carbocycles. The first-order valence-electron chi connectivity index (χ1n) is 8.82. The van der Waals surface area contributed by atoms with Crippen molar-refractivity contribution in [2.24, 2.45) is 0 Å². The number of fused-ring (bicyclic) bond motifs is 1. The van der Waals surface area contributed by atoms with Gasteiger partial charge in [-0.3, -0.25) is 9.36 Å². The molecule has 1 unspecified atom stereocenters. The number of nitrogens with one attached hydrogen (secondary N) is 1. The Morgan fingerprint density at radius 1 is 1.35 bits per heavy atom. The summed E-state index contributed by atoms with van der Waals surface area (Å²) in [6, 6.07) is 7.97. The zero-order chi connectivity index (χ0) is 18.3. The van der Waals surface area contributed by atoms with Crippen LogP contribution in [0.2, 0.25) is 0 Å². The molecule has 0 radical (unpaired) electrons. The van der Waals surface area contributed by atoms with Gasteiger partial charge in [-0.25, -0.2) is 4.98 Å². The van der Waals surface area contributed by atoms with Crippen molar-refractivity contribution in [3.8, 4) is 5.13 Å². The molecule has 2 heterocycles. The number of thiazole rings is 1. The Hall–Kier alpha value is -2.60. The second-order valence-electron chi connectivity index (χ2n) is 6.81. The van der Waals surface area contributed by atoms with Crippen LogP contribution >= 0.6 is 11.3 Å². The maximum atomic E-state index is 13.0. The van der Waals surface area contributed by atoms with Gasteiger partial charge in [-0.2, -0.15) is 0 Å². The number of amides is 1.